The molecule has 1 unspecified atom stereocenters. The van der Waals surface area contributed by atoms with E-state index in [0.29, 0.717) is 18.1 Å². The molecule has 3 aromatic carbocycles. The Morgan fingerprint density at radius 2 is 1.34 bits per heavy atom. The van der Waals surface area contributed by atoms with E-state index in [1.54, 1.807) is 42.9 Å². The summed E-state index contributed by atoms with van der Waals surface area (Å²) in [5.41, 5.74) is 10.1. The van der Waals surface area contributed by atoms with Gasteiger partial charge in [-0.3, -0.25) is 19.6 Å². The van der Waals surface area contributed by atoms with Gasteiger partial charge in [-0.2, -0.15) is 0 Å². The fourth-order valence-electron chi connectivity index (χ4n) is 4.72. The molecular formula is C30H22F2N4OS. The quantitative estimate of drug-likeness (QED) is 0.273. The maximum absolute atomic E-state index is 14.0. The lowest BCUT2D eigenvalue weighted by atomic mass is 9.88. The molecule has 5 nitrogen and oxygen atoms in total. The van der Waals surface area contributed by atoms with Gasteiger partial charge in [0.15, 0.2) is 5.82 Å². The monoisotopic (exact) mass is 524 g/mol. The van der Waals surface area contributed by atoms with Crippen LogP contribution in [0.2, 0.25) is 0 Å². The second-order valence-corrected chi connectivity index (χ2v) is 10.3. The Hall–Kier alpha value is -4.43. The SMILES string of the molecule is CS(=O)c1ccc(N2Cc3c(nc(-c4ccc(F)cc4)c(-c4ccncc4)c3-c3ccc(F)cc3)N2)cc1. The Bertz CT molecular complexity index is 1640. The molecule has 1 aliphatic rings. The standard InChI is InChI=1S/C30H22F2N4OS/c1-38(37)25-12-10-24(11-13-25)36-18-26-27(19-2-6-22(31)7-3-19)28(20-14-16-33-17-15-20)29(34-30(26)35-36)21-4-8-23(32)9-5-21/h2-17H,18H2,1H3,(H,34,35). The molecule has 0 amide bonds. The van der Waals surface area contributed by atoms with E-state index in [1.165, 1.54) is 24.3 Å². The van der Waals surface area contributed by atoms with Gasteiger partial charge in [0.2, 0.25) is 0 Å². The van der Waals surface area contributed by atoms with Gasteiger partial charge in [-0.15, -0.1) is 0 Å². The van der Waals surface area contributed by atoms with Crippen LogP contribution in [0.3, 0.4) is 0 Å². The number of anilines is 2. The zero-order valence-electron chi connectivity index (χ0n) is 20.4. The summed E-state index contributed by atoms with van der Waals surface area (Å²) < 4.78 is 39.7. The van der Waals surface area contributed by atoms with E-state index in [1.807, 2.05) is 41.4 Å². The zero-order valence-corrected chi connectivity index (χ0v) is 21.2. The van der Waals surface area contributed by atoms with Crippen molar-refractivity contribution < 1.29 is 13.0 Å². The van der Waals surface area contributed by atoms with Crippen LogP contribution in [-0.4, -0.2) is 20.4 Å². The molecule has 5 aromatic rings. The van der Waals surface area contributed by atoms with Crippen LogP contribution in [0.4, 0.5) is 20.3 Å². The molecule has 1 atom stereocenters. The predicted octanol–water partition coefficient (Wildman–Crippen LogP) is 6.84. The van der Waals surface area contributed by atoms with Crippen LogP contribution < -0.4 is 10.4 Å². The second-order valence-electron chi connectivity index (χ2n) is 8.93. The van der Waals surface area contributed by atoms with Crippen LogP contribution in [-0.2, 0) is 17.3 Å². The van der Waals surface area contributed by atoms with E-state index in [9.17, 15) is 13.0 Å². The van der Waals surface area contributed by atoms with Crippen LogP contribution in [0.1, 0.15) is 5.56 Å². The Balaban J connectivity index is 1.58. The summed E-state index contributed by atoms with van der Waals surface area (Å²) in [6.45, 7) is 0.491. The number of hydrogen-bond donors (Lipinski definition) is 1. The van der Waals surface area contributed by atoms with Gasteiger partial charge in [0.1, 0.15) is 11.6 Å². The number of nitrogens with one attached hydrogen (secondary N) is 1. The lowest BCUT2D eigenvalue weighted by Crippen LogP contribution is -2.22. The van der Waals surface area contributed by atoms with Gasteiger partial charge in [0.05, 0.1) is 17.9 Å². The normalized spacial score (nSPS) is 13.2. The number of benzene rings is 3. The maximum Gasteiger partial charge on any atom is 0.151 e. The van der Waals surface area contributed by atoms with Crippen molar-refractivity contribution >= 4 is 22.3 Å². The highest BCUT2D eigenvalue weighted by Crippen LogP contribution is 2.46. The molecule has 0 saturated heterocycles. The molecule has 2 aromatic heterocycles. The number of hydrogen-bond acceptors (Lipinski definition) is 5. The van der Waals surface area contributed by atoms with Crippen molar-refractivity contribution in [3.8, 4) is 33.5 Å². The number of aromatic nitrogens is 2. The molecule has 1 N–H and O–H groups in total. The first-order valence-corrected chi connectivity index (χ1v) is 13.5. The van der Waals surface area contributed by atoms with Crippen molar-refractivity contribution in [3.63, 3.8) is 0 Å². The molecule has 0 saturated carbocycles. The topological polar surface area (TPSA) is 58.1 Å². The fraction of sp³-hybridized carbons (Fsp3) is 0.0667. The number of halogens is 2. The van der Waals surface area contributed by atoms with Crippen molar-refractivity contribution in [3.05, 3.63) is 115 Å². The van der Waals surface area contributed by atoms with Gasteiger partial charge in [-0.25, -0.2) is 13.8 Å². The Morgan fingerprint density at radius 1 is 0.763 bits per heavy atom. The average Bonchev–Trinajstić information content (AvgIpc) is 3.37. The van der Waals surface area contributed by atoms with Crippen LogP contribution in [0.5, 0.6) is 0 Å². The highest BCUT2D eigenvalue weighted by atomic mass is 32.2. The van der Waals surface area contributed by atoms with E-state index < -0.39 is 10.8 Å². The molecule has 1 aliphatic heterocycles. The number of nitrogens with zero attached hydrogens (tertiary/aromatic N) is 3. The van der Waals surface area contributed by atoms with E-state index in [2.05, 4.69) is 10.4 Å². The fourth-order valence-corrected chi connectivity index (χ4v) is 5.24. The number of pyridine rings is 2. The summed E-state index contributed by atoms with van der Waals surface area (Å²) >= 11 is 0. The molecule has 0 fully saturated rings. The summed E-state index contributed by atoms with van der Waals surface area (Å²) in [6.07, 6.45) is 5.08. The summed E-state index contributed by atoms with van der Waals surface area (Å²) in [5.74, 6) is 0.00121. The van der Waals surface area contributed by atoms with Crippen LogP contribution >= 0.6 is 0 Å². The van der Waals surface area contributed by atoms with E-state index in [0.717, 1.165) is 44.0 Å². The summed E-state index contributed by atoms with van der Waals surface area (Å²) in [6, 6.07) is 24.0. The van der Waals surface area contributed by atoms with Gasteiger partial charge in [-0.1, -0.05) is 12.1 Å². The molecule has 3 heterocycles. The molecule has 0 aliphatic carbocycles. The molecule has 0 spiro atoms. The van der Waals surface area contributed by atoms with Crippen LogP contribution in [0.15, 0.2) is 102 Å². The molecule has 0 radical (unpaired) electrons. The molecule has 8 heteroatoms. The smallest absolute Gasteiger partial charge is 0.151 e. The summed E-state index contributed by atoms with van der Waals surface area (Å²) in [5, 5.41) is 1.97. The lowest BCUT2D eigenvalue weighted by molar-refractivity contribution is 0.627. The van der Waals surface area contributed by atoms with Gasteiger partial charge < -0.3 is 0 Å². The van der Waals surface area contributed by atoms with E-state index in [-0.39, 0.29) is 11.6 Å². The van der Waals surface area contributed by atoms with Gasteiger partial charge >= 0.3 is 0 Å². The minimum atomic E-state index is -1.07. The van der Waals surface area contributed by atoms with Crippen molar-refractivity contribution in [1.82, 2.24) is 9.97 Å². The predicted molar refractivity (Wildman–Crippen MR) is 147 cm³/mol. The number of fused-ring (bicyclic) bond motifs is 1. The first-order valence-electron chi connectivity index (χ1n) is 11.9. The maximum atomic E-state index is 14.0. The van der Waals surface area contributed by atoms with Gasteiger partial charge in [0, 0.05) is 56.6 Å². The van der Waals surface area contributed by atoms with Crippen molar-refractivity contribution in [2.24, 2.45) is 0 Å². The third-order valence-electron chi connectivity index (χ3n) is 6.55. The number of hydrazine groups is 1. The van der Waals surface area contributed by atoms with Crippen LogP contribution in [0.25, 0.3) is 33.5 Å². The van der Waals surface area contributed by atoms with Gasteiger partial charge in [0.25, 0.3) is 0 Å². The summed E-state index contributed by atoms with van der Waals surface area (Å²) in [4.78, 5) is 9.96. The third-order valence-corrected chi connectivity index (χ3v) is 7.49. The third kappa shape index (κ3) is 4.43. The molecule has 0 bridgehead atoms. The van der Waals surface area contributed by atoms with Crippen molar-refractivity contribution in [2.75, 3.05) is 16.7 Å². The Labute approximate surface area is 221 Å². The zero-order chi connectivity index (χ0) is 26.2. The average molecular weight is 525 g/mol. The Morgan fingerprint density at radius 3 is 1.95 bits per heavy atom. The second kappa shape index (κ2) is 9.79. The Kier molecular flexibility index (Phi) is 6.17. The minimum absolute atomic E-state index is 0.322. The van der Waals surface area contributed by atoms with Crippen LogP contribution in [0, 0.1) is 11.6 Å². The van der Waals surface area contributed by atoms with E-state index >= 15 is 0 Å². The van der Waals surface area contributed by atoms with E-state index in [4.69, 9.17) is 4.98 Å². The summed E-state index contributed by atoms with van der Waals surface area (Å²) in [7, 11) is -1.07. The molecule has 6 rings (SSSR count). The molecule has 188 valence electrons. The highest BCUT2D eigenvalue weighted by molar-refractivity contribution is 7.84. The largest absolute Gasteiger partial charge is 0.282 e. The van der Waals surface area contributed by atoms with Gasteiger partial charge in [-0.05, 0) is 83.9 Å². The highest BCUT2D eigenvalue weighted by Gasteiger charge is 2.29. The lowest BCUT2D eigenvalue weighted by Gasteiger charge is -2.18. The first-order chi connectivity index (χ1) is 18.5. The molecule has 38 heavy (non-hydrogen) atoms. The minimum Gasteiger partial charge on any atom is -0.282 e. The van der Waals surface area contributed by atoms with Crippen molar-refractivity contribution in [2.45, 2.75) is 11.4 Å². The van der Waals surface area contributed by atoms with Crippen molar-refractivity contribution in [1.29, 1.82) is 0 Å². The molecular weight excluding hydrogens is 502 g/mol. The number of rotatable bonds is 5. The first kappa shape index (κ1) is 23.9.